The fraction of sp³-hybridized carbons (Fsp3) is 0.760. The Morgan fingerprint density at radius 3 is 2.26 bits per heavy atom. The highest BCUT2D eigenvalue weighted by atomic mass is 16.6. The van der Waals surface area contributed by atoms with Crippen molar-refractivity contribution in [3.8, 4) is 0 Å². The fourth-order valence-corrected chi connectivity index (χ4v) is 4.97. The molecule has 0 unspecified atom stereocenters. The minimum atomic E-state index is 0.115. The molecule has 1 heterocycles. The lowest BCUT2D eigenvalue weighted by Crippen LogP contribution is -2.31. The van der Waals surface area contributed by atoms with E-state index in [1.165, 1.54) is 75.3 Å². The molecule has 2 heteroatoms. The third kappa shape index (κ3) is 6.06. The summed E-state index contributed by atoms with van der Waals surface area (Å²) in [6.07, 6.45) is 15.1. The Balaban J connectivity index is 1.44. The van der Waals surface area contributed by atoms with Gasteiger partial charge in [-0.2, -0.15) is 0 Å². The molecule has 0 N–H and O–H groups in total. The largest absolute Gasteiger partial charge is 0.373 e. The van der Waals surface area contributed by atoms with Crippen LogP contribution in [0.15, 0.2) is 24.3 Å². The average Bonchev–Trinajstić information content (AvgIpc) is 2.74. The van der Waals surface area contributed by atoms with Gasteiger partial charge in [-0.25, -0.2) is 0 Å². The lowest BCUT2D eigenvalue weighted by Gasteiger charge is -2.32. The van der Waals surface area contributed by atoms with Crippen LogP contribution in [0.4, 0.5) is 0 Å². The van der Waals surface area contributed by atoms with Crippen LogP contribution >= 0.6 is 0 Å². The lowest BCUT2D eigenvalue weighted by molar-refractivity contribution is -0.137. The number of ether oxygens (including phenoxy) is 2. The molecule has 152 valence electrons. The highest BCUT2D eigenvalue weighted by Crippen LogP contribution is 2.40. The van der Waals surface area contributed by atoms with Gasteiger partial charge < -0.3 is 9.47 Å². The molecule has 1 aliphatic heterocycles. The van der Waals surface area contributed by atoms with Gasteiger partial charge in [0.25, 0.3) is 0 Å². The van der Waals surface area contributed by atoms with E-state index < -0.39 is 0 Å². The van der Waals surface area contributed by atoms with Gasteiger partial charge in [0, 0.05) is 0 Å². The molecule has 27 heavy (non-hydrogen) atoms. The first kappa shape index (κ1) is 20.9. The van der Waals surface area contributed by atoms with E-state index in [2.05, 4.69) is 38.1 Å². The van der Waals surface area contributed by atoms with E-state index in [1.54, 1.807) is 0 Å². The average molecular weight is 373 g/mol. The van der Waals surface area contributed by atoms with Crippen molar-refractivity contribution in [2.24, 2.45) is 5.92 Å². The Bertz CT molecular complexity index is 516. The van der Waals surface area contributed by atoms with Gasteiger partial charge in [0.1, 0.15) is 6.10 Å². The van der Waals surface area contributed by atoms with Gasteiger partial charge in [-0.05, 0) is 42.2 Å². The molecule has 2 nitrogen and oxygen atoms in total. The second kappa shape index (κ2) is 11.2. The number of unbranched alkanes of at least 4 members (excludes halogenated alkanes) is 4. The van der Waals surface area contributed by atoms with Crippen molar-refractivity contribution >= 4 is 0 Å². The van der Waals surface area contributed by atoms with E-state index in [-0.39, 0.29) is 6.10 Å². The minimum Gasteiger partial charge on any atom is -0.373 e. The molecule has 1 saturated heterocycles. The summed E-state index contributed by atoms with van der Waals surface area (Å²) in [5.74, 6) is 1.63. The standard InChI is InChI=1S/C25H40O2/c1-3-5-6-7-8-12-23-18-27-25(19-26-23)22-16-14-21(15-17-22)24-13-10-9-11-20(24)4-2/h14-17,20,23-25H,3-13,18-19H2,1-2H3/t20-,23+,24-,25+/m1/s1. The maximum absolute atomic E-state index is 6.16. The summed E-state index contributed by atoms with van der Waals surface area (Å²) in [6.45, 7) is 6.08. The summed E-state index contributed by atoms with van der Waals surface area (Å²) in [7, 11) is 0. The quantitative estimate of drug-likeness (QED) is 0.427. The maximum atomic E-state index is 6.16. The Kier molecular flexibility index (Phi) is 8.67. The van der Waals surface area contributed by atoms with Gasteiger partial charge in [0.15, 0.2) is 0 Å². The van der Waals surface area contributed by atoms with Crippen molar-refractivity contribution in [1.82, 2.24) is 0 Å². The molecule has 1 saturated carbocycles. The van der Waals surface area contributed by atoms with Crippen LogP contribution < -0.4 is 0 Å². The number of benzene rings is 1. The van der Waals surface area contributed by atoms with Crippen LogP contribution in [0.25, 0.3) is 0 Å². The number of hydrogen-bond acceptors (Lipinski definition) is 2. The highest BCUT2D eigenvalue weighted by molar-refractivity contribution is 5.28. The summed E-state index contributed by atoms with van der Waals surface area (Å²) in [5, 5.41) is 0. The molecule has 2 aliphatic rings. The van der Waals surface area contributed by atoms with Crippen LogP contribution in [0, 0.1) is 5.92 Å². The van der Waals surface area contributed by atoms with Gasteiger partial charge in [-0.1, -0.05) is 89.5 Å². The van der Waals surface area contributed by atoms with Crippen molar-refractivity contribution in [2.75, 3.05) is 13.2 Å². The molecule has 1 aromatic rings. The van der Waals surface area contributed by atoms with E-state index >= 15 is 0 Å². The van der Waals surface area contributed by atoms with Crippen LogP contribution in [-0.2, 0) is 9.47 Å². The minimum absolute atomic E-state index is 0.115. The first-order valence-corrected chi connectivity index (χ1v) is 11.6. The van der Waals surface area contributed by atoms with Crippen LogP contribution in [0.2, 0.25) is 0 Å². The van der Waals surface area contributed by atoms with Crippen molar-refractivity contribution < 1.29 is 9.47 Å². The first-order valence-electron chi connectivity index (χ1n) is 11.6. The van der Waals surface area contributed by atoms with Crippen molar-refractivity contribution in [1.29, 1.82) is 0 Å². The zero-order valence-electron chi connectivity index (χ0n) is 17.6. The van der Waals surface area contributed by atoms with Crippen molar-refractivity contribution in [2.45, 2.75) is 103 Å². The Labute approximate surface area is 167 Å². The number of rotatable bonds is 9. The van der Waals surface area contributed by atoms with Crippen LogP contribution in [0.3, 0.4) is 0 Å². The Morgan fingerprint density at radius 2 is 1.56 bits per heavy atom. The zero-order chi connectivity index (χ0) is 18.9. The van der Waals surface area contributed by atoms with Gasteiger partial charge in [0.05, 0.1) is 19.3 Å². The summed E-state index contributed by atoms with van der Waals surface area (Å²) >= 11 is 0. The molecular formula is C25H40O2. The predicted molar refractivity (Wildman–Crippen MR) is 113 cm³/mol. The Hall–Kier alpha value is -0.860. The molecule has 2 fully saturated rings. The van der Waals surface area contributed by atoms with Crippen molar-refractivity contribution in [3.63, 3.8) is 0 Å². The third-order valence-electron chi connectivity index (χ3n) is 6.77. The topological polar surface area (TPSA) is 18.5 Å². The molecular weight excluding hydrogens is 332 g/mol. The van der Waals surface area contributed by atoms with E-state index in [9.17, 15) is 0 Å². The van der Waals surface area contributed by atoms with Gasteiger partial charge in [-0.3, -0.25) is 0 Å². The van der Waals surface area contributed by atoms with Crippen LogP contribution in [-0.4, -0.2) is 19.3 Å². The summed E-state index contributed by atoms with van der Waals surface area (Å²) in [6, 6.07) is 9.29. The monoisotopic (exact) mass is 372 g/mol. The lowest BCUT2D eigenvalue weighted by atomic mass is 9.74. The molecule has 0 bridgehead atoms. The van der Waals surface area contributed by atoms with Gasteiger partial charge in [0.2, 0.25) is 0 Å². The SMILES string of the molecule is CCCCCCC[C@H]1CO[C@H](c2ccc([C@@H]3CCCC[C@H]3CC)cc2)CO1. The molecule has 4 atom stereocenters. The maximum Gasteiger partial charge on any atom is 0.106 e. The molecule has 0 aromatic heterocycles. The second-order valence-electron chi connectivity index (χ2n) is 8.71. The van der Waals surface area contributed by atoms with Gasteiger partial charge in [-0.15, -0.1) is 0 Å². The summed E-state index contributed by atoms with van der Waals surface area (Å²) in [4.78, 5) is 0. The summed E-state index contributed by atoms with van der Waals surface area (Å²) < 4.78 is 12.3. The van der Waals surface area contributed by atoms with Crippen molar-refractivity contribution in [3.05, 3.63) is 35.4 Å². The molecule has 1 aliphatic carbocycles. The van der Waals surface area contributed by atoms with E-state index in [1.807, 2.05) is 0 Å². The first-order chi connectivity index (χ1) is 13.3. The Morgan fingerprint density at radius 1 is 0.815 bits per heavy atom. The zero-order valence-corrected chi connectivity index (χ0v) is 17.6. The highest BCUT2D eigenvalue weighted by Gasteiger charge is 2.26. The summed E-state index contributed by atoms with van der Waals surface area (Å²) in [5.41, 5.74) is 2.82. The fourth-order valence-electron chi connectivity index (χ4n) is 4.97. The van der Waals surface area contributed by atoms with Crippen LogP contribution in [0.1, 0.15) is 108 Å². The van der Waals surface area contributed by atoms with E-state index in [0.717, 1.165) is 24.9 Å². The molecule has 1 aromatic carbocycles. The molecule has 0 spiro atoms. The second-order valence-corrected chi connectivity index (χ2v) is 8.71. The van der Waals surface area contributed by atoms with E-state index in [4.69, 9.17) is 9.47 Å². The molecule has 0 radical (unpaired) electrons. The van der Waals surface area contributed by atoms with Gasteiger partial charge >= 0.3 is 0 Å². The smallest absolute Gasteiger partial charge is 0.106 e. The molecule has 3 rings (SSSR count). The number of hydrogen-bond donors (Lipinski definition) is 0. The van der Waals surface area contributed by atoms with E-state index in [0.29, 0.717) is 12.7 Å². The molecule has 0 amide bonds. The normalized spacial score (nSPS) is 29.0. The third-order valence-corrected chi connectivity index (χ3v) is 6.77. The van der Waals surface area contributed by atoms with Crippen LogP contribution in [0.5, 0.6) is 0 Å². The predicted octanol–water partition coefficient (Wildman–Crippen LogP) is 7.19.